The van der Waals surface area contributed by atoms with Crippen LogP contribution in [0.1, 0.15) is 23.4 Å². The van der Waals surface area contributed by atoms with Gasteiger partial charge in [0, 0.05) is 25.2 Å². The number of methoxy groups -OCH3 is 1. The van der Waals surface area contributed by atoms with E-state index in [4.69, 9.17) is 26.8 Å². The molecule has 1 aromatic carbocycles. The summed E-state index contributed by atoms with van der Waals surface area (Å²) in [5.41, 5.74) is 4.96. The lowest BCUT2D eigenvalue weighted by Gasteiger charge is -2.29. The molecule has 1 fully saturated rings. The van der Waals surface area contributed by atoms with Crippen molar-refractivity contribution in [3.63, 3.8) is 0 Å². The van der Waals surface area contributed by atoms with E-state index >= 15 is 0 Å². The summed E-state index contributed by atoms with van der Waals surface area (Å²) < 4.78 is 12.8. The molecule has 2 aliphatic rings. The second kappa shape index (κ2) is 7.14. The van der Waals surface area contributed by atoms with Crippen molar-refractivity contribution >= 4 is 17.2 Å². The number of benzene rings is 1. The first kappa shape index (κ1) is 16.5. The molecule has 0 atom stereocenters. The highest BCUT2D eigenvalue weighted by Gasteiger charge is 2.25. The minimum atomic E-state index is 0.751. The second-order valence-electron chi connectivity index (χ2n) is 6.51. The highest BCUT2D eigenvalue weighted by Crippen LogP contribution is 2.29. The Kier molecular flexibility index (Phi) is 4.72. The third kappa shape index (κ3) is 3.28. The van der Waals surface area contributed by atoms with E-state index in [1.807, 2.05) is 12.1 Å². The molecule has 0 bridgehead atoms. The summed E-state index contributed by atoms with van der Waals surface area (Å²) in [4.78, 5) is 3.24. The van der Waals surface area contributed by atoms with Crippen molar-refractivity contribution in [1.82, 2.24) is 14.7 Å². The Hall–Kier alpha value is -1.92. The Labute approximate surface area is 153 Å². The summed E-state index contributed by atoms with van der Waals surface area (Å²) in [6, 6.07) is 8.09. The van der Waals surface area contributed by atoms with Crippen molar-refractivity contribution in [3.05, 3.63) is 41.2 Å². The molecule has 6 heteroatoms. The summed E-state index contributed by atoms with van der Waals surface area (Å²) in [5.74, 6) is 0.862. The Morgan fingerprint density at radius 3 is 2.68 bits per heavy atom. The number of ether oxygens (including phenoxy) is 2. The van der Waals surface area contributed by atoms with Gasteiger partial charge < -0.3 is 14.4 Å². The van der Waals surface area contributed by atoms with Crippen molar-refractivity contribution in [3.8, 4) is 11.4 Å². The topological polar surface area (TPSA) is 39.5 Å². The predicted octanol–water partition coefficient (Wildman–Crippen LogP) is 2.57. The maximum Gasteiger partial charge on any atom is 0.119 e. The number of hydrogen-bond acceptors (Lipinski definition) is 4. The predicted molar refractivity (Wildman–Crippen MR) is 101 cm³/mol. The monoisotopic (exact) mass is 357 g/mol. The largest absolute Gasteiger partial charge is 0.497 e. The van der Waals surface area contributed by atoms with E-state index in [1.165, 1.54) is 17.7 Å². The zero-order valence-corrected chi connectivity index (χ0v) is 15.3. The van der Waals surface area contributed by atoms with Gasteiger partial charge in [0.05, 0.1) is 36.7 Å². The first-order chi connectivity index (χ1) is 12.3. The molecule has 0 unspecified atom stereocenters. The van der Waals surface area contributed by atoms with Crippen molar-refractivity contribution < 1.29 is 9.47 Å². The van der Waals surface area contributed by atoms with Crippen LogP contribution in [0.5, 0.6) is 5.75 Å². The number of hydrogen-bond donors (Lipinski definition) is 0. The van der Waals surface area contributed by atoms with Crippen LogP contribution in [0.2, 0.25) is 0 Å². The van der Waals surface area contributed by atoms with Gasteiger partial charge in [-0.05, 0) is 49.1 Å². The Morgan fingerprint density at radius 1 is 1.20 bits per heavy atom. The SMILES string of the molecule is COc1ccc(-n2nc(CC(=S)N3CCOCC3)c3c2CCC3)cc1. The molecule has 0 saturated carbocycles. The van der Waals surface area contributed by atoms with E-state index in [9.17, 15) is 0 Å². The third-order valence-corrected chi connectivity index (χ3v) is 5.42. The van der Waals surface area contributed by atoms with Crippen LogP contribution in [-0.2, 0) is 24.0 Å². The van der Waals surface area contributed by atoms with Crippen LogP contribution in [0.15, 0.2) is 24.3 Å². The highest BCUT2D eigenvalue weighted by atomic mass is 32.1. The second-order valence-corrected chi connectivity index (χ2v) is 6.98. The quantitative estimate of drug-likeness (QED) is 0.787. The lowest BCUT2D eigenvalue weighted by Crippen LogP contribution is -2.40. The van der Waals surface area contributed by atoms with E-state index in [0.717, 1.165) is 67.7 Å². The van der Waals surface area contributed by atoms with E-state index in [2.05, 4.69) is 21.7 Å². The van der Waals surface area contributed by atoms with Gasteiger partial charge in [-0.2, -0.15) is 5.10 Å². The van der Waals surface area contributed by atoms with Crippen LogP contribution in [0, 0.1) is 0 Å². The first-order valence-corrected chi connectivity index (χ1v) is 9.26. The molecular formula is C19H23N3O2S. The molecule has 1 aliphatic heterocycles. The fourth-order valence-corrected chi connectivity index (χ4v) is 3.98. The summed E-state index contributed by atoms with van der Waals surface area (Å²) >= 11 is 5.69. The van der Waals surface area contributed by atoms with Crippen LogP contribution in [0.25, 0.3) is 5.69 Å². The molecule has 2 heterocycles. The molecule has 0 N–H and O–H groups in total. The molecule has 1 aromatic heterocycles. The molecule has 0 radical (unpaired) electrons. The smallest absolute Gasteiger partial charge is 0.119 e. The molecule has 132 valence electrons. The minimum absolute atomic E-state index is 0.751. The van der Waals surface area contributed by atoms with Gasteiger partial charge in [-0.1, -0.05) is 12.2 Å². The third-order valence-electron chi connectivity index (χ3n) is 5.01. The zero-order valence-electron chi connectivity index (χ0n) is 14.5. The minimum Gasteiger partial charge on any atom is -0.497 e. The Bertz CT molecular complexity index is 764. The van der Waals surface area contributed by atoms with Crippen molar-refractivity contribution in [2.24, 2.45) is 0 Å². The number of aromatic nitrogens is 2. The summed E-state index contributed by atoms with van der Waals surface area (Å²) in [7, 11) is 1.69. The van der Waals surface area contributed by atoms with Crippen LogP contribution in [0.3, 0.4) is 0 Å². The fraction of sp³-hybridized carbons (Fsp3) is 0.474. The van der Waals surface area contributed by atoms with Crippen molar-refractivity contribution in [1.29, 1.82) is 0 Å². The lowest BCUT2D eigenvalue weighted by molar-refractivity contribution is 0.0684. The van der Waals surface area contributed by atoms with Gasteiger partial charge in [0.2, 0.25) is 0 Å². The van der Waals surface area contributed by atoms with Crippen molar-refractivity contribution in [2.45, 2.75) is 25.7 Å². The fourth-order valence-electron chi connectivity index (χ4n) is 3.66. The molecule has 0 spiro atoms. The van der Waals surface area contributed by atoms with Gasteiger partial charge in [0.25, 0.3) is 0 Å². The molecule has 1 aliphatic carbocycles. The molecule has 4 rings (SSSR count). The maximum atomic E-state index is 5.69. The maximum absolute atomic E-state index is 5.69. The zero-order chi connectivity index (χ0) is 17.2. The number of rotatable bonds is 4. The summed E-state index contributed by atoms with van der Waals surface area (Å²) in [5, 5.41) is 4.92. The Morgan fingerprint density at radius 2 is 1.96 bits per heavy atom. The van der Waals surface area contributed by atoms with Crippen LogP contribution < -0.4 is 4.74 Å². The van der Waals surface area contributed by atoms with E-state index in [1.54, 1.807) is 7.11 Å². The summed E-state index contributed by atoms with van der Waals surface area (Å²) in [6.45, 7) is 3.30. The van der Waals surface area contributed by atoms with Crippen molar-refractivity contribution in [2.75, 3.05) is 33.4 Å². The van der Waals surface area contributed by atoms with Gasteiger partial charge in [-0.25, -0.2) is 4.68 Å². The average molecular weight is 357 g/mol. The van der Waals surface area contributed by atoms with Crippen LogP contribution in [-0.4, -0.2) is 53.1 Å². The summed E-state index contributed by atoms with van der Waals surface area (Å²) in [6.07, 6.45) is 4.13. The van der Waals surface area contributed by atoms with E-state index in [-0.39, 0.29) is 0 Å². The van der Waals surface area contributed by atoms with Crippen LogP contribution >= 0.6 is 12.2 Å². The lowest BCUT2D eigenvalue weighted by atomic mass is 10.1. The van der Waals surface area contributed by atoms with Gasteiger partial charge in [0.1, 0.15) is 5.75 Å². The first-order valence-electron chi connectivity index (χ1n) is 8.86. The van der Waals surface area contributed by atoms with Gasteiger partial charge in [-0.3, -0.25) is 0 Å². The van der Waals surface area contributed by atoms with Crippen LogP contribution in [0.4, 0.5) is 0 Å². The molecular weight excluding hydrogens is 334 g/mol. The Balaban J connectivity index is 1.60. The molecule has 25 heavy (non-hydrogen) atoms. The van der Waals surface area contributed by atoms with Gasteiger partial charge in [0.15, 0.2) is 0 Å². The number of fused-ring (bicyclic) bond motifs is 1. The van der Waals surface area contributed by atoms with Gasteiger partial charge >= 0.3 is 0 Å². The standard InChI is InChI=1S/C19H23N3O2S/c1-23-15-7-5-14(6-8-15)22-18-4-2-3-16(18)17(20-22)13-19(25)21-9-11-24-12-10-21/h5-8H,2-4,9-13H2,1H3. The molecule has 2 aromatic rings. The van der Waals surface area contributed by atoms with E-state index < -0.39 is 0 Å². The number of thiocarbonyl (C=S) groups is 1. The highest BCUT2D eigenvalue weighted by molar-refractivity contribution is 7.80. The molecule has 0 amide bonds. The molecule has 5 nitrogen and oxygen atoms in total. The normalized spacial score (nSPS) is 16.8. The van der Waals surface area contributed by atoms with E-state index in [0.29, 0.717) is 0 Å². The number of morpholine rings is 1. The van der Waals surface area contributed by atoms with Gasteiger partial charge in [-0.15, -0.1) is 0 Å². The molecule has 1 saturated heterocycles. The average Bonchev–Trinajstić information content (AvgIpc) is 3.26. The number of nitrogens with zero attached hydrogens (tertiary/aromatic N) is 3.